The maximum absolute atomic E-state index is 11.7. The summed E-state index contributed by atoms with van der Waals surface area (Å²) in [5.41, 5.74) is 1.06. The van der Waals surface area contributed by atoms with Crippen molar-refractivity contribution < 1.29 is 14.7 Å². The van der Waals surface area contributed by atoms with Crippen molar-refractivity contribution in [3.8, 4) is 0 Å². The van der Waals surface area contributed by atoms with Crippen LogP contribution < -0.4 is 5.32 Å². The first-order valence-corrected chi connectivity index (χ1v) is 6.65. The summed E-state index contributed by atoms with van der Waals surface area (Å²) in [5.74, 6) is -0.446. The van der Waals surface area contributed by atoms with Gasteiger partial charge in [-0.05, 0) is 23.6 Å². The molecule has 0 saturated carbocycles. The van der Waals surface area contributed by atoms with Gasteiger partial charge in [-0.2, -0.15) is 0 Å². The number of hydrogen-bond donors (Lipinski definition) is 2. The Balaban J connectivity index is 2.46. The molecule has 0 bridgehead atoms. The van der Waals surface area contributed by atoms with Crippen molar-refractivity contribution in [2.75, 3.05) is 6.54 Å². The van der Waals surface area contributed by atoms with Gasteiger partial charge in [0.05, 0.1) is 12.0 Å². The van der Waals surface area contributed by atoms with Gasteiger partial charge in [-0.1, -0.05) is 38.8 Å². The SMILES string of the molecule is CCC(CC)CNC(=O)Cc1ccc(C(=O)O)cc1. The summed E-state index contributed by atoms with van der Waals surface area (Å²) >= 11 is 0. The van der Waals surface area contributed by atoms with Gasteiger partial charge in [0.25, 0.3) is 0 Å². The lowest BCUT2D eigenvalue weighted by molar-refractivity contribution is -0.120. The maximum Gasteiger partial charge on any atom is 0.335 e. The normalized spacial score (nSPS) is 10.5. The third-order valence-corrected chi connectivity index (χ3v) is 3.31. The number of carboxylic acids is 1. The highest BCUT2D eigenvalue weighted by atomic mass is 16.4. The highest BCUT2D eigenvalue weighted by Gasteiger charge is 2.08. The summed E-state index contributed by atoms with van der Waals surface area (Å²) in [6.07, 6.45) is 2.41. The standard InChI is InChI=1S/C15H21NO3/c1-3-11(4-2)10-16-14(17)9-12-5-7-13(8-6-12)15(18)19/h5-8,11H,3-4,9-10H2,1-2H3,(H,16,17)(H,18,19). The van der Waals surface area contributed by atoms with Crippen molar-refractivity contribution in [2.24, 2.45) is 5.92 Å². The van der Waals surface area contributed by atoms with Crippen LogP contribution in [0.25, 0.3) is 0 Å². The molecule has 1 aromatic carbocycles. The van der Waals surface area contributed by atoms with Crippen LogP contribution in [0.15, 0.2) is 24.3 Å². The summed E-state index contributed by atoms with van der Waals surface area (Å²) in [5, 5.41) is 11.7. The van der Waals surface area contributed by atoms with E-state index in [-0.39, 0.29) is 11.5 Å². The Labute approximate surface area is 113 Å². The van der Waals surface area contributed by atoms with E-state index < -0.39 is 5.97 Å². The molecule has 0 atom stereocenters. The minimum absolute atomic E-state index is 0.0185. The van der Waals surface area contributed by atoms with Crippen molar-refractivity contribution >= 4 is 11.9 Å². The lowest BCUT2D eigenvalue weighted by Gasteiger charge is -2.13. The zero-order valence-corrected chi connectivity index (χ0v) is 11.5. The molecule has 1 aromatic rings. The summed E-state index contributed by atoms with van der Waals surface area (Å²) in [4.78, 5) is 22.4. The molecular weight excluding hydrogens is 242 g/mol. The summed E-state index contributed by atoms with van der Waals surface area (Å²) in [6, 6.07) is 6.40. The lowest BCUT2D eigenvalue weighted by atomic mass is 10.0. The number of rotatable bonds is 7. The maximum atomic E-state index is 11.7. The fourth-order valence-electron chi connectivity index (χ4n) is 1.85. The minimum atomic E-state index is -0.954. The van der Waals surface area contributed by atoms with Gasteiger partial charge in [0.2, 0.25) is 5.91 Å². The number of amides is 1. The van der Waals surface area contributed by atoms with E-state index in [0.29, 0.717) is 18.9 Å². The zero-order valence-electron chi connectivity index (χ0n) is 11.5. The highest BCUT2D eigenvalue weighted by Crippen LogP contribution is 2.07. The van der Waals surface area contributed by atoms with E-state index >= 15 is 0 Å². The molecule has 0 heterocycles. The number of carbonyl (C=O) groups excluding carboxylic acids is 1. The Morgan fingerprint density at radius 2 is 1.74 bits per heavy atom. The Kier molecular flexibility index (Phi) is 6.06. The second kappa shape index (κ2) is 7.56. The van der Waals surface area contributed by atoms with E-state index in [2.05, 4.69) is 19.2 Å². The van der Waals surface area contributed by atoms with Crippen LogP contribution in [0, 0.1) is 5.92 Å². The van der Waals surface area contributed by atoms with Crippen LogP contribution in [-0.4, -0.2) is 23.5 Å². The van der Waals surface area contributed by atoms with Crippen LogP contribution in [0.4, 0.5) is 0 Å². The van der Waals surface area contributed by atoms with Crippen LogP contribution >= 0.6 is 0 Å². The van der Waals surface area contributed by atoms with E-state index in [1.807, 2.05) is 0 Å². The first-order valence-electron chi connectivity index (χ1n) is 6.65. The molecule has 19 heavy (non-hydrogen) atoms. The van der Waals surface area contributed by atoms with Gasteiger partial charge in [0.15, 0.2) is 0 Å². The van der Waals surface area contributed by atoms with E-state index in [4.69, 9.17) is 5.11 Å². The molecule has 2 N–H and O–H groups in total. The average Bonchev–Trinajstić information content (AvgIpc) is 2.40. The second-order valence-electron chi connectivity index (χ2n) is 4.67. The summed E-state index contributed by atoms with van der Waals surface area (Å²) < 4.78 is 0. The Hall–Kier alpha value is -1.84. The van der Waals surface area contributed by atoms with E-state index in [9.17, 15) is 9.59 Å². The van der Waals surface area contributed by atoms with Gasteiger partial charge in [0, 0.05) is 6.54 Å². The van der Waals surface area contributed by atoms with Gasteiger partial charge in [-0.15, -0.1) is 0 Å². The third-order valence-electron chi connectivity index (χ3n) is 3.31. The Morgan fingerprint density at radius 3 is 2.21 bits per heavy atom. The Morgan fingerprint density at radius 1 is 1.16 bits per heavy atom. The summed E-state index contributed by atoms with van der Waals surface area (Å²) in [6.45, 7) is 4.94. The van der Waals surface area contributed by atoms with Crippen LogP contribution in [0.2, 0.25) is 0 Å². The molecule has 4 nitrogen and oxygen atoms in total. The molecule has 0 spiro atoms. The second-order valence-corrected chi connectivity index (χ2v) is 4.67. The molecule has 0 aliphatic rings. The van der Waals surface area contributed by atoms with Crippen molar-refractivity contribution in [3.63, 3.8) is 0 Å². The summed E-state index contributed by atoms with van der Waals surface area (Å²) in [7, 11) is 0. The minimum Gasteiger partial charge on any atom is -0.478 e. The van der Waals surface area contributed by atoms with Gasteiger partial charge >= 0.3 is 5.97 Å². The molecule has 0 fully saturated rings. The Bertz CT molecular complexity index is 422. The fraction of sp³-hybridized carbons (Fsp3) is 0.467. The van der Waals surface area contributed by atoms with Crippen LogP contribution in [-0.2, 0) is 11.2 Å². The van der Waals surface area contributed by atoms with E-state index in [1.54, 1.807) is 12.1 Å². The number of benzene rings is 1. The monoisotopic (exact) mass is 263 g/mol. The molecular formula is C15H21NO3. The molecule has 0 saturated heterocycles. The first-order chi connectivity index (χ1) is 9.06. The van der Waals surface area contributed by atoms with Crippen LogP contribution in [0.1, 0.15) is 42.6 Å². The third kappa shape index (κ3) is 5.12. The van der Waals surface area contributed by atoms with Gasteiger partial charge in [0.1, 0.15) is 0 Å². The van der Waals surface area contributed by atoms with Crippen LogP contribution in [0.3, 0.4) is 0 Å². The average molecular weight is 263 g/mol. The van der Waals surface area contributed by atoms with E-state index in [0.717, 1.165) is 18.4 Å². The molecule has 0 aromatic heterocycles. The molecule has 4 heteroatoms. The molecule has 104 valence electrons. The molecule has 0 aliphatic carbocycles. The van der Waals surface area contributed by atoms with Crippen molar-refractivity contribution in [1.82, 2.24) is 5.32 Å². The first kappa shape index (κ1) is 15.2. The molecule has 0 radical (unpaired) electrons. The van der Waals surface area contributed by atoms with Gasteiger partial charge in [-0.25, -0.2) is 4.79 Å². The highest BCUT2D eigenvalue weighted by molar-refractivity contribution is 5.87. The molecule has 0 unspecified atom stereocenters. The van der Waals surface area contributed by atoms with Crippen LogP contribution in [0.5, 0.6) is 0 Å². The quantitative estimate of drug-likeness (QED) is 0.794. The number of aromatic carboxylic acids is 1. The van der Waals surface area contributed by atoms with Gasteiger partial charge in [-0.3, -0.25) is 4.79 Å². The smallest absolute Gasteiger partial charge is 0.335 e. The number of hydrogen-bond acceptors (Lipinski definition) is 2. The largest absolute Gasteiger partial charge is 0.478 e. The molecule has 1 amide bonds. The fourth-order valence-corrected chi connectivity index (χ4v) is 1.85. The lowest BCUT2D eigenvalue weighted by Crippen LogP contribution is -2.30. The zero-order chi connectivity index (χ0) is 14.3. The number of carbonyl (C=O) groups is 2. The number of carboxylic acid groups (broad SMARTS) is 1. The van der Waals surface area contributed by atoms with Crippen molar-refractivity contribution in [1.29, 1.82) is 0 Å². The predicted molar refractivity (Wildman–Crippen MR) is 74.2 cm³/mol. The van der Waals surface area contributed by atoms with E-state index in [1.165, 1.54) is 12.1 Å². The number of nitrogens with one attached hydrogen (secondary N) is 1. The van der Waals surface area contributed by atoms with Gasteiger partial charge < -0.3 is 10.4 Å². The predicted octanol–water partition coefficient (Wildman–Crippen LogP) is 2.48. The van der Waals surface area contributed by atoms with Crippen molar-refractivity contribution in [3.05, 3.63) is 35.4 Å². The van der Waals surface area contributed by atoms with Crippen molar-refractivity contribution in [2.45, 2.75) is 33.1 Å². The molecule has 1 rings (SSSR count). The topological polar surface area (TPSA) is 66.4 Å². The molecule has 0 aliphatic heterocycles.